The van der Waals surface area contributed by atoms with Gasteiger partial charge in [0.2, 0.25) is 10.0 Å². The molecule has 2 atom stereocenters. The number of methoxy groups -OCH3 is 1. The Kier molecular flexibility index (Phi) is 5.66. The Morgan fingerprint density at radius 1 is 1.19 bits per heavy atom. The fourth-order valence-corrected chi connectivity index (χ4v) is 4.12. The quantitative estimate of drug-likeness (QED) is 0.555. The van der Waals surface area contributed by atoms with E-state index in [1.54, 1.807) is 12.2 Å². The second kappa shape index (κ2) is 7.97. The van der Waals surface area contributed by atoms with Crippen LogP contribution in [-0.2, 0) is 19.5 Å². The molecule has 0 radical (unpaired) electrons. The maximum Gasteiger partial charge on any atom is 0.269 e. The largest absolute Gasteiger partial charge is 0.354 e. The highest BCUT2D eigenvalue weighted by Gasteiger charge is 2.40. The number of non-ortho nitro benzene ring substituents is 1. The van der Waals surface area contributed by atoms with Crippen LogP contribution in [0.1, 0.15) is 5.56 Å². The topological polar surface area (TPSA) is 99.0 Å². The van der Waals surface area contributed by atoms with Crippen LogP contribution >= 0.6 is 0 Å². The molecule has 0 N–H and O–H groups in total. The van der Waals surface area contributed by atoms with Crippen LogP contribution in [0.3, 0.4) is 0 Å². The number of nitro benzene ring substituents is 1. The Morgan fingerprint density at radius 3 is 2.44 bits per heavy atom. The molecule has 1 fully saturated rings. The van der Waals surface area contributed by atoms with Crippen molar-refractivity contribution in [3.63, 3.8) is 0 Å². The zero-order valence-electron chi connectivity index (χ0n) is 14.5. The summed E-state index contributed by atoms with van der Waals surface area (Å²) in [6.45, 7) is 0.0135. The van der Waals surface area contributed by atoms with E-state index in [-0.39, 0.29) is 17.1 Å². The lowest BCUT2D eigenvalue weighted by atomic mass is 10.2. The average Bonchev–Trinajstić information content (AvgIpc) is 3.11. The van der Waals surface area contributed by atoms with E-state index < -0.39 is 27.5 Å². The molecule has 1 aliphatic heterocycles. The standard InChI is InChI=1S/C18H18N2O6S/c1-25-18-13-19(17(26-18)12-7-14-5-3-2-4-6-14)27(23,24)16-10-8-15(9-11-16)20(21)22/h2-12,17-18H,13H2,1H3/b12-7+. The highest BCUT2D eigenvalue weighted by molar-refractivity contribution is 7.89. The van der Waals surface area contributed by atoms with E-state index in [0.717, 1.165) is 17.7 Å². The van der Waals surface area contributed by atoms with Gasteiger partial charge in [0.15, 0.2) is 6.29 Å². The van der Waals surface area contributed by atoms with Crippen molar-refractivity contribution in [3.8, 4) is 0 Å². The molecule has 2 unspecified atom stereocenters. The highest BCUT2D eigenvalue weighted by atomic mass is 32.2. The second-order valence-electron chi connectivity index (χ2n) is 5.79. The molecule has 0 aromatic heterocycles. The first-order valence-corrected chi connectivity index (χ1v) is 9.53. The summed E-state index contributed by atoms with van der Waals surface area (Å²) in [7, 11) is -2.49. The third-order valence-electron chi connectivity index (χ3n) is 4.07. The van der Waals surface area contributed by atoms with E-state index in [2.05, 4.69) is 0 Å². The van der Waals surface area contributed by atoms with Crippen LogP contribution in [0.5, 0.6) is 0 Å². The molecule has 0 saturated carbocycles. The minimum absolute atomic E-state index is 0.0135. The average molecular weight is 390 g/mol. The zero-order chi connectivity index (χ0) is 19.4. The molecule has 3 rings (SSSR count). The molecule has 142 valence electrons. The van der Waals surface area contributed by atoms with E-state index in [9.17, 15) is 18.5 Å². The molecule has 1 aliphatic rings. The summed E-state index contributed by atoms with van der Waals surface area (Å²) in [5, 5.41) is 10.8. The molecule has 0 bridgehead atoms. The molecule has 1 heterocycles. The van der Waals surface area contributed by atoms with Gasteiger partial charge in [-0.15, -0.1) is 0 Å². The van der Waals surface area contributed by atoms with Crippen molar-refractivity contribution in [2.75, 3.05) is 13.7 Å². The fourth-order valence-electron chi connectivity index (χ4n) is 2.66. The van der Waals surface area contributed by atoms with E-state index in [0.29, 0.717) is 0 Å². The number of benzene rings is 2. The molecule has 1 saturated heterocycles. The van der Waals surface area contributed by atoms with Crippen LogP contribution < -0.4 is 0 Å². The number of nitrogens with zero attached hydrogens (tertiary/aromatic N) is 2. The highest BCUT2D eigenvalue weighted by Crippen LogP contribution is 2.27. The van der Waals surface area contributed by atoms with Crippen molar-refractivity contribution < 1.29 is 22.8 Å². The van der Waals surface area contributed by atoms with Gasteiger partial charge < -0.3 is 9.47 Å². The summed E-state index contributed by atoms with van der Waals surface area (Å²) in [5.41, 5.74) is 0.719. The molecular formula is C18H18N2O6S. The Balaban J connectivity index is 1.88. The molecule has 27 heavy (non-hydrogen) atoms. The van der Waals surface area contributed by atoms with E-state index in [4.69, 9.17) is 9.47 Å². The number of hydrogen-bond acceptors (Lipinski definition) is 6. The molecule has 2 aromatic rings. The fraction of sp³-hybridized carbons (Fsp3) is 0.222. The van der Waals surface area contributed by atoms with Crippen molar-refractivity contribution in [1.82, 2.24) is 4.31 Å². The molecule has 8 nitrogen and oxygen atoms in total. The zero-order valence-corrected chi connectivity index (χ0v) is 15.3. The van der Waals surface area contributed by atoms with Gasteiger partial charge in [-0.2, -0.15) is 4.31 Å². The summed E-state index contributed by atoms with van der Waals surface area (Å²) < 4.78 is 37.9. The van der Waals surface area contributed by atoms with Gasteiger partial charge in [0, 0.05) is 19.2 Å². The van der Waals surface area contributed by atoms with Gasteiger partial charge in [0.05, 0.1) is 16.4 Å². The van der Waals surface area contributed by atoms with Crippen LogP contribution in [0, 0.1) is 10.1 Å². The predicted molar refractivity (Wildman–Crippen MR) is 98.1 cm³/mol. The minimum Gasteiger partial charge on any atom is -0.354 e. The lowest BCUT2D eigenvalue weighted by molar-refractivity contribution is -0.384. The molecular weight excluding hydrogens is 372 g/mol. The number of sulfonamides is 1. The maximum atomic E-state index is 13.0. The summed E-state index contributed by atoms with van der Waals surface area (Å²) >= 11 is 0. The molecule has 9 heteroatoms. The number of nitro groups is 1. The summed E-state index contributed by atoms with van der Waals surface area (Å²) in [5.74, 6) is 0. The molecule has 2 aromatic carbocycles. The van der Waals surface area contributed by atoms with Crippen molar-refractivity contribution in [2.24, 2.45) is 0 Å². The van der Waals surface area contributed by atoms with Crippen molar-refractivity contribution in [2.45, 2.75) is 17.4 Å². The van der Waals surface area contributed by atoms with Crippen LogP contribution in [0.15, 0.2) is 65.6 Å². The smallest absolute Gasteiger partial charge is 0.269 e. The van der Waals surface area contributed by atoms with Crippen LogP contribution in [0.2, 0.25) is 0 Å². The molecule has 0 spiro atoms. The SMILES string of the molecule is COC1CN(S(=O)(=O)c2ccc([N+](=O)[O-])cc2)C(/C=C/c2ccccc2)O1. The second-order valence-corrected chi connectivity index (χ2v) is 7.68. The van der Waals surface area contributed by atoms with Gasteiger partial charge in [0.25, 0.3) is 5.69 Å². The lowest BCUT2D eigenvalue weighted by Crippen LogP contribution is -2.35. The number of ether oxygens (including phenoxy) is 2. The molecule has 0 amide bonds. The van der Waals surface area contributed by atoms with Crippen LogP contribution in [0.25, 0.3) is 6.08 Å². The normalized spacial score (nSPS) is 20.9. The minimum atomic E-state index is -3.92. The Morgan fingerprint density at radius 2 is 1.85 bits per heavy atom. The first-order valence-electron chi connectivity index (χ1n) is 8.09. The van der Waals surface area contributed by atoms with Gasteiger partial charge in [-0.1, -0.05) is 36.4 Å². The lowest BCUT2D eigenvalue weighted by Gasteiger charge is -2.19. The van der Waals surface area contributed by atoms with Crippen molar-refractivity contribution in [1.29, 1.82) is 0 Å². The third-order valence-corrected chi connectivity index (χ3v) is 5.92. The third kappa shape index (κ3) is 4.22. The Hall–Kier alpha value is -2.59. The summed E-state index contributed by atoms with van der Waals surface area (Å²) in [6, 6.07) is 14.1. The van der Waals surface area contributed by atoms with E-state index in [1.807, 2.05) is 30.3 Å². The maximum absolute atomic E-state index is 13.0. The van der Waals surface area contributed by atoms with Crippen molar-refractivity contribution in [3.05, 3.63) is 76.4 Å². The van der Waals surface area contributed by atoms with Gasteiger partial charge in [-0.3, -0.25) is 10.1 Å². The van der Waals surface area contributed by atoms with E-state index >= 15 is 0 Å². The monoisotopic (exact) mass is 390 g/mol. The van der Waals surface area contributed by atoms with E-state index in [1.165, 1.54) is 23.5 Å². The van der Waals surface area contributed by atoms with Gasteiger partial charge in [-0.25, -0.2) is 8.42 Å². The number of rotatable bonds is 6. The van der Waals surface area contributed by atoms with Gasteiger partial charge in [-0.05, 0) is 23.8 Å². The van der Waals surface area contributed by atoms with Crippen LogP contribution in [-0.4, -0.2) is 43.8 Å². The summed E-state index contributed by atoms with van der Waals surface area (Å²) in [4.78, 5) is 10.1. The predicted octanol–water partition coefficient (Wildman–Crippen LogP) is 2.63. The summed E-state index contributed by atoms with van der Waals surface area (Å²) in [6.07, 6.45) is 1.84. The van der Waals surface area contributed by atoms with Gasteiger partial charge >= 0.3 is 0 Å². The Bertz CT molecular complexity index is 928. The van der Waals surface area contributed by atoms with Crippen molar-refractivity contribution >= 4 is 21.8 Å². The first-order chi connectivity index (χ1) is 12.9. The Labute approximate surface area is 156 Å². The molecule has 0 aliphatic carbocycles. The van der Waals surface area contributed by atoms with Crippen LogP contribution in [0.4, 0.5) is 5.69 Å². The first kappa shape index (κ1) is 19.2. The van der Waals surface area contributed by atoms with Gasteiger partial charge in [0.1, 0.15) is 6.23 Å². The number of hydrogen-bond donors (Lipinski definition) is 0.